The minimum atomic E-state index is -0.355. The van der Waals surface area contributed by atoms with Crippen LogP contribution in [0.2, 0.25) is 0 Å². The van der Waals surface area contributed by atoms with Gasteiger partial charge in [0.15, 0.2) is 0 Å². The van der Waals surface area contributed by atoms with Crippen molar-refractivity contribution in [2.75, 3.05) is 11.9 Å². The van der Waals surface area contributed by atoms with E-state index < -0.39 is 0 Å². The third-order valence-corrected chi connectivity index (χ3v) is 3.25. The predicted octanol–water partition coefficient (Wildman–Crippen LogP) is 2.90. The molecule has 0 bridgehead atoms. The van der Waals surface area contributed by atoms with Crippen LogP contribution in [-0.4, -0.2) is 23.9 Å². The van der Waals surface area contributed by atoms with Gasteiger partial charge >= 0.3 is 6.03 Å². The fourth-order valence-corrected chi connectivity index (χ4v) is 2.19. The molecule has 4 nitrogen and oxygen atoms in total. The van der Waals surface area contributed by atoms with Crippen LogP contribution in [-0.2, 0) is 10.2 Å². The van der Waals surface area contributed by atoms with Crippen molar-refractivity contribution >= 4 is 17.6 Å². The number of hydrogen-bond donors (Lipinski definition) is 0. The lowest BCUT2D eigenvalue weighted by atomic mass is 9.85. The molecule has 4 heteroatoms. The third kappa shape index (κ3) is 2.03. The molecule has 1 aromatic rings. The molecule has 1 aliphatic heterocycles. The van der Waals surface area contributed by atoms with E-state index in [1.807, 2.05) is 24.3 Å². The van der Waals surface area contributed by atoms with Gasteiger partial charge in [0.25, 0.3) is 5.91 Å². The lowest BCUT2D eigenvalue weighted by Crippen LogP contribution is -2.31. The standard InChI is InChI=1S/C15H18N2O2/c1-10-13(18)16(5)14(19)17(10)12-9-7-6-8-11(12)15(2,3)4/h6-9H,1H2,2-5H3. The summed E-state index contributed by atoms with van der Waals surface area (Å²) in [6.45, 7) is 9.94. The van der Waals surface area contributed by atoms with E-state index in [-0.39, 0.29) is 23.1 Å². The highest BCUT2D eigenvalue weighted by atomic mass is 16.2. The van der Waals surface area contributed by atoms with Gasteiger partial charge in [-0.2, -0.15) is 0 Å². The maximum atomic E-state index is 12.2. The minimum Gasteiger partial charge on any atom is -0.267 e. The summed E-state index contributed by atoms with van der Waals surface area (Å²) in [4.78, 5) is 26.5. The van der Waals surface area contributed by atoms with Gasteiger partial charge in [0.2, 0.25) is 0 Å². The topological polar surface area (TPSA) is 40.6 Å². The molecule has 0 aromatic heterocycles. The van der Waals surface area contributed by atoms with Crippen LogP contribution in [0.15, 0.2) is 36.5 Å². The van der Waals surface area contributed by atoms with E-state index in [9.17, 15) is 9.59 Å². The molecule has 1 heterocycles. The Morgan fingerprint density at radius 3 is 2.16 bits per heavy atom. The molecule has 1 aromatic carbocycles. The van der Waals surface area contributed by atoms with Gasteiger partial charge in [-0.25, -0.2) is 4.79 Å². The molecule has 2 rings (SSSR count). The summed E-state index contributed by atoms with van der Waals surface area (Å²) >= 11 is 0. The van der Waals surface area contributed by atoms with Crippen LogP contribution in [0.1, 0.15) is 26.3 Å². The first kappa shape index (κ1) is 13.3. The van der Waals surface area contributed by atoms with Crippen molar-refractivity contribution in [1.82, 2.24) is 4.90 Å². The Bertz CT molecular complexity index is 570. The average Bonchev–Trinajstić information content (AvgIpc) is 2.53. The van der Waals surface area contributed by atoms with E-state index in [1.165, 1.54) is 11.9 Å². The first-order valence-electron chi connectivity index (χ1n) is 6.15. The molecule has 0 radical (unpaired) electrons. The van der Waals surface area contributed by atoms with Crippen molar-refractivity contribution in [3.8, 4) is 0 Å². The maximum Gasteiger partial charge on any atom is 0.336 e. The zero-order chi connectivity index (χ0) is 14.4. The summed E-state index contributed by atoms with van der Waals surface area (Å²) in [5.74, 6) is -0.353. The number of nitrogens with zero attached hydrogens (tertiary/aromatic N) is 2. The minimum absolute atomic E-state index is 0.124. The van der Waals surface area contributed by atoms with Crippen molar-refractivity contribution in [2.45, 2.75) is 26.2 Å². The van der Waals surface area contributed by atoms with Crippen molar-refractivity contribution in [3.05, 3.63) is 42.1 Å². The Kier molecular flexibility index (Phi) is 2.97. The van der Waals surface area contributed by atoms with E-state index in [2.05, 4.69) is 27.4 Å². The number of para-hydroxylation sites is 1. The average molecular weight is 258 g/mol. The summed E-state index contributed by atoms with van der Waals surface area (Å²) in [5.41, 5.74) is 1.81. The third-order valence-electron chi connectivity index (χ3n) is 3.25. The number of carbonyl (C=O) groups excluding carboxylic acids is 2. The van der Waals surface area contributed by atoms with Crippen LogP contribution in [0.25, 0.3) is 0 Å². The van der Waals surface area contributed by atoms with Crippen molar-refractivity contribution < 1.29 is 9.59 Å². The van der Waals surface area contributed by atoms with Crippen LogP contribution in [0, 0.1) is 0 Å². The second kappa shape index (κ2) is 4.23. The van der Waals surface area contributed by atoms with Crippen LogP contribution < -0.4 is 4.90 Å². The molecule has 3 amide bonds. The lowest BCUT2D eigenvalue weighted by Gasteiger charge is -2.26. The van der Waals surface area contributed by atoms with Crippen LogP contribution in [0.3, 0.4) is 0 Å². The second-order valence-corrected chi connectivity index (χ2v) is 5.70. The highest BCUT2D eigenvalue weighted by molar-refractivity contribution is 6.21. The summed E-state index contributed by atoms with van der Waals surface area (Å²) in [5, 5.41) is 0. The zero-order valence-corrected chi connectivity index (χ0v) is 11.7. The Morgan fingerprint density at radius 1 is 1.11 bits per heavy atom. The van der Waals surface area contributed by atoms with Gasteiger partial charge in [-0.15, -0.1) is 0 Å². The molecule has 1 saturated heterocycles. The van der Waals surface area contributed by atoms with Crippen molar-refractivity contribution in [2.24, 2.45) is 0 Å². The Labute approximate surface area is 113 Å². The quantitative estimate of drug-likeness (QED) is 0.574. The first-order valence-corrected chi connectivity index (χ1v) is 6.15. The predicted molar refractivity (Wildman–Crippen MR) is 74.9 cm³/mol. The number of rotatable bonds is 1. The number of imide groups is 1. The number of hydrogen-bond acceptors (Lipinski definition) is 2. The molecule has 0 spiro atoms. The van der Waals surface area contributed by atoms with Gasteiger partial charge < -0.3 is 0 Å². The van der Waals surface area contributed by atoms with Crippen LogP contribution in [0.5, 0.6) is 0 Å². The Balaban J connectivity index is 2.58. The molecule has 0 unspecified atom stereocenters. The van der Waals surface area contributed by atoms with Crippen molar-refractivity contribution in [1.29, 1.82) is 0 Å². The first-order chi connectivity index (χ1) is 8.75. The molecule has 0 saturated carbocycles. The molecule has 19 heavy (non-hydrogen) atoms. The van der Waals surface area contributed by atoms with Gasteiger partial charge in [-0.05, 0) is 17.0 Å². The molecule has 100 valence electrons. The molecule has 0 N–H and O–H groups in total. The maximum absolute atomic E-state index is 12.2. The van der Waals surface area contributed by atoms with E-state index in [0.717, 1.165) is 16.2 Å². The van der Waals surface area contributed by atoms with Crippen LogP contribution >= 0.6 is 0 Å². The van der Waals surface area contributed by atoms with Crippen molar-refractivity contribution in [3.63, 3.8) is 0 Å². The summed E-state index contributed by atoms with van der Waals surface area (Å²) in [7, 11) is 1.47. The molecular weight excluding hydrogens is 240 g/mol. The second-order valence-electron chi connectivity index (χ2n) is 5.70. The molecule has 0 atom stereocenters. The Hall–Kier alpha value is -2.10. The highest BCUT2D eigenvalue weighted by Gasteiger charge is 2.39. The van der Waals surface area contributed by atoms with E-state index >= 15 is 0 Å². The number of benzene rings is 1. The largest absolute Gasteiger partial charge is 0.336 e. The highest BCUT2D eigenvalue weighted by Crippen LogP contribution is 2.35. The summed E-state index contributed by atoms with van der Waals surface area (Å²) in [6, 6.07) is 7.24. The van der Waals surface area contributed by atoms with Gasteiger partial charge in [0.05, 0.1) is 5.69 Å². The summed E-state index contributed by atoms with van der Waals surface area (Å²) < 4.78 is 0. The smallest absolute Gasteiger partial charge is 0.267 e. The number of urea groups is 1. The Morgan fingerprint density at radius 2 is 1.68 bits per heavy atom. The zero-order valence-electron chi connectivity index (χ0n) is 11.7. The van der Waals surface area contributed by atoms with E-state index in [0.29, 0.717) is 0 Å². The number of amides is 3. The SMILES string of the molecule is C=C1C(=O)N(C)C(=O)N1c1ccccc1C(C)(C)C. The number of carbonyl (C=O) groups is 2. The summed E-state index contributed by atoms with van der Waals surface area (Å²) in [6.07, 6.45) is 0. The fourth-order valence-electron chi connectivity index (χ4n) is 2.19. The lowest BCUT2D eigenvalue weighted by molar-refractivity contribution is -0.121. The van der Waals surface area contributed by atoms with Gasteiger partial charge in [0.1, 0.15) is 5.70 Å². The molecule has 1 aliphatic rings. The van der Waals surface area contributed by atoms with Gasteiger partial charge in [-0.3, -0.25) is 14.6 Å². The number of likely N-dealkylation sites (N-methyl/N-ethyl adjacent to an activating group) is 1. The monoisotopic (exact) mass is 258 g/mol. The molecule has 1 fully saturated rings. The van der Waals surface area contributed by atoms with E-state index in [1.54, 1.807) is 0 Å². The number of anilines is 1. The van der Waals surface area contributed by atoms with Crippen LogP contribution in [0.4, 0.5) is 10.5 Å². The molecular formula is C15H18N2O2. The van der Waals surface area contributed by atoms with Gasteiger partial charge in [-0.1, -0.05) is 45.5 Å². The van der Waals surface area contributed by atoms with E-state index in [4.69, 9.17) is 0 Å². The van der Waals surface area contributed by atoms with Gasteiger partial charge in [0, 0.05) is 7.05 Å². The fraction of sp³-hybridized carbons (Fsp3) is 0.333. The normalized spacial score (nSPS) is 16.5. The molecule has 0 aliphatic carbocycles.